The van der Waals surface area contributed by atoms with Crippen molar-refractivity contribution >= 4 is 5.91 Å². The Bertz CT molecular complexity index is 575. The molecule has 1 atom stereocenters. The molecule has 4 rings (SSSR count). The molecule has 0 bridgehead atoms. The van der Waals surface area contributed by atoms with Crippen LogP contribution in [0.25, 0.3) is 0 Å². The maximum atomic E-state index is 12.2. The summed E-state index contributed by atoms with van der Waals surface area (Å²) in [6.07, 6.45) is 9.76. The molecular weight excluding hydrogens is 302 g/mol. The van der Waals surface area contributed by atoms with Crippen LogP contribution in [0.3, 0.4) is 0 Å². The average Bonchev–Trinajstić information content (AvgIpc) is 3.22. The molecule has 3 fully saturated rings. The van der Waals surface area contributed by atoms with Crippen molar-refractivity contribution in [2.75, 3.05) is 26.2 Å². The lowest BCUT2D eigenvalue weighted by Gasteiger charge is -2.55. The van der Waals surface area contributed by atoms with Gasteiger partial charge in [0, 0.05) is 38.9 Å². The number of hydrogen-bond donors (Lipinski definition) is 1. The quantitative estimate of drug-likeness (QED) is 0.920. The number of hydrogen-bond acceptors (Lipinski definition) is 3. The van der Waals surface area contributed by atoms with Gasteiger partial charge in [-0.3, -0.25) is 9.69 Å². The molecule has 2 aliphatic heterocycles. The molecule has 3 aliphatic rings. The summed E-state index contributed by atoms with van der Waals surface area (Å²) in [4.78, 5) is 14.8. The van der Waals surface area contributed by atoms with Gasteiger partial charge in [0.25, 0.3) is 5.91 Å². The summed E-state index contributed by atoms with van der Waals surface area (Å²) in [5, 5.41) is 3.06. The van der Waals surface area contributed by atoms with Crippen molar-refractivity contribution in [1.29, 1.82) is 0 Å². The summed E-state index contributed by atoms with van der Waals surface area (Å²) in [5.41, 5.74) is 0.843. The highest BCUT2D eigenvalue weighted by Crippen LogP contribution is 2.39. The van der Waals surface area contributed by atoms with E-state index in [2.05, 4.69) is 10.2 Å². The third kappa shape index (κ3) is 3.11. The van der Waals surface area contributed by atoms with Gasteiger partial charge in [-0.2, -0.15) is 0 Å². The zero-order valence-corrected chi connectivity index (χ0v) is 14.7. The van der Waals surface area contributed by atoms with Crippen LogP contribution in [0.15, 0.2) is 18.3 Å². The zero-order chi connectivity index (χ0) is 16.6. The second kappa shape index (κ2) is 6.52. The molecule has 1 spiro atoms. The van der Waals surface area contributed by atoms with Gasteiger partial charge in [0.2, 0.25) is 0 Å². The maximum absolute atomic E-state index is 12.2. The molecular formula is C19H29N3O2. The summed E-state index contributed by atoms with van der Waals surface area (Å²) in [5.74, 6) is 0.458. The fraction of sp³-hybridized carbons (Fsp3) is 0.737. The van der Waals surface area contributed by atoms with Crippen molar-refractivity contribution in [2.45, 2.75) is 50.2 Å². The van der Waals surface area contributed by atoms with E-state index in [9.17, 15) is 4.79 Å². The third-order valence-corrected chi connectivity index (χ3v) is 6.18. The van der Waals surface area contributed by atoms with E-state index in [4.69, 9.17) is 4.74 Å². The number of nitrogens with zero attached hydrogens (tertiary/aromatic N) is 2. The number of aryl methyl sites for hydroxylation is 1. The summed E-state index contributed by atoms with van der Waals surface area (Å²) in [7, 11) is 1.90. The summed E-state index contributed by atoms with van der Waals surface area (Å²) < 4.78 is 8.11. The lowest BCUT2D eigenvalue weighted by atomic mass is 9.82. The van der Waals surface area contributed by atoms with E-state index in [0.717, 1.165) is 44.3 Å². The molecule has 5 nitrogen and oxygen atoms in total. The van der Waals surface area contributed by atoms with Gasteiger partial charge in [-0.15, -0.1) is 0 Å². The lowest BCUT2D eigenvalue weighted by Crippen LogP contribution is -2.67. The van der Waals surface area contributed by atoms with Crippen molar-refractivity contribution in [2.24, 2.45) is 13.0 Å². The number of aromatic nitrogens is 1. The van der Waals surface area contributed by atoms with Gasteiger partial charge in [-0.25, -0.2) is 0 Å². The van der Waals surface area contributed by atoms with E-state index in [1.807, 2.05) is 29.9 Å². The Kier molecular flexibility index (Phi) is 4.39. The van der Waals surface area contributed by atoms with Crippen molar-refractivity contribution < 1.29 is 9.53 Å². The van der Waals surface area contributed by atoms with Gasteiger partial charge < -0.3 is 14.6 Å². The minimum atomic E-state index is 0.0128. The predicted octanol–water partition coefficient (Wildman–Crippen LogP) is 2.18. The van der Waals surface area contributed by atoms with Crippen LogP contribution in [0, 0.1) is 5.92 Å². The Hall–Kier alpha value is -1.33. The second-order valence-electron chi connectivity index (χ2n) is 7.96. The zero-order valence-electron chi connectivity index (χ0n) is 14.7. The first-order valence-electron chi connectivity index (χ1n) is 9.43. The van der Waals surface area contributed by atoms with Crippen molar-refractivity contribution in [1.82, 2.24) is 14.8 Å². The topological polar surface area (TPSA) is 46.5 Å². The molecule has 1 aliphatic carbocycles. The SMILES string of the molecule is Cn1cccc1C(=O)NCC1CCC2(CN(C3CCCC3)C2)OC1. The van der Waals surface area contributed by atoms with Gasteiger partial charge in [0.15, 0.2) is 0 Å². The molecule has 0 aromatic carbocycles. The van der Waals surface area contributed by atoms with Crippen LogP contribution in [0.4, 0.5) is 0 Å². The monoisotopic (exact) mass is 331 g/mol. The molecule has 132 valence electrons. The molecule has 5 heteroatoms. The van der Waals surface area contributed by atoms with Gasteiger partial charge >= 0.3 is 0 Å². The van der Waals surface area contributed by atoms with Crippen LogP contribution in [-0.4, -0.2) is 53.3 Å². The fourth-order valence-electron chi connectivity index (χ4n) is 4.57. The molecule has 0 radical (unpaired) electrons. The van der Waals surface area contributed by atoms with E-state index in [-0.39, 0.29) is 11.5 Å². The number of ether oxygens (including phenoxy) is 1. The van der Waals surface area contributed by atoms with Gasteiger partial charge in [0.1, 0.15) is 5.69 Å². The Balaban J connectivity index is 1.20. The minimum absolute atomic E-state index is 0.0128. The Morgan fingerprint density at radius 3 is 2.75 bits per heavy atom. The number of amides is 1. The highest BCUT2D eigenvalue weighted by Gasteiger charge is 2.48. The van der Waals surface area contributed by atoms with Crippen LogP contribution in [-0.2, 0) is 11.8 Å². The first-order chi connectivity index (χ1) is 11.7. The first kappa shape index (κ1) is 16.2. The van der Waals surface area contributed by atoms with E-state index in [0.29, 0.717) is 12.5 Å². The van der Waals surface area contributed by atoms with Crippen molar-refractivity contribution in [3.63, 3.8) is 0 Å². The van der Waals surface area contributed by atoms with E-state index in [1.165, 1.54) is 25.7 Å². The second-order valence-corrected chi connectivity index (χ2v) is 7.96. The fourth-order valence-corrected chi connectivity index (χ4v) is 4.57. The van der Waals surface area contributed by atoms with E-state index in [1.54, 1.807) is 0 Å². The smallest absolute Gasteiger partial charge is 0.267 e. The van der Waals surface area contributed by atoms with Crippen LogP contribution in [0.2, 0.25) is 0 Å². The molecule has 1 unspecified atom stereocenters. The molecule has 1 aromatic rings. The van der Waals surface area contributed by atoms with Crippen molar-refractivity contribution in [3.05, 3.63) is 24.0 Å². The molecule has 24 heavy (non-hydrogen) atoms. The van der Waals surface area contributed by atoms with Crippen LogP contribution in [0.1, 0.15) is 49.0 Å². The molecule has 2 saturated heterocycles. The van der Waals surface area contributed by atoms with Crippen LogP contribution < -0.4 is 5.32 Å². The first-order valence-corrected chi connectivity index (χ1v) is 9.43. The van der Waals surface area contributed by atoms with Gasteiger partial charge in [-0.05, 0) is 43.7 Å². The van der Waals surface area contributed by atoms with Crippen LogP contribution in [0.5, 0.6) is 0 Å². The molecule has 1 N–H and O–H groups in total. The molecule has 3 heterocycles. The summed E-state index contributed by atoms with van der Waals surface area (Å²) in [6, 6.07) is 4.57. The number of likely N-dealkylation sites (tertiary alicyclic amines) is 1. The minimum Gasteiger partial charge on any atom is -0.372 e. The number of carbonyl (C=O) groups is 1. The van der Waals surface area contributed by atoms with Crippen molar-refractivity contribution in [3.8, 4) is 0 Å². The highest BCUT2D eigenvalue weighted by atomic mass is 16.5. The number of carbonyl (C=O) groups excluding carboxylic acids is 1. The normalized spacial score (nSPS) is 27.3. The number of nitrogens with one attached hydrogen (secondary N) is 1. The standard InChI is InChI=1S/C19H29N3O2/c1-21-10-4-7-17(21)18(23)20-11-15-8-9-19(24-12-15)13-22(14-19)16-5-2-3-6-16/h4,7,10,15-16H,2-3,5-6,8-9,11-14H2,1H3,(H,20,23). The Morgan fingerprint density at radius 2 is 2.12 bits per heavy atom. The van der Waals surface area contributed by atoms with Gasteiger partial charge in [-0.1, -0.05) is 12.8 Å². The third-order valence-electron chi connectivity index (χ3n) is 6.18. The Labute approximate surface area is 144 Å². The number of rotatable bonds is 4. The molecule has 1 saturated carbocycles. The largest absolute Gasteiger partial charge is 0.372 e. The maximum Gasteiger partial charge on any atom is 0.267 e. The van der Waals surface area contributed by atoms with E-state index >= 15 is 0 Å². The van der Waals surface area contributed by atoms with Gasteiger partial charge in [0.05, 0.1) is 12.2 Å². The molecule has 1 aromatic heterocycles. The highest BCUT2D eigenvalue weighted by molar-refractivity contribution is 5.92. The van der Waals surface area contributed by atoms with Crippen LogP contribution >= 0.6 is 0 Å². The van der Waals surface area contributed by atoms with E-state index < -0.39 is 0 Å². The summed E-state index contributed by atoms with van der Waals surface area (Å²) >= 11 is 0. The lowest BCUT2D eigenvalue weighted by molar-refractivity contribution is -0.188. The predicted molar refractivity (Wildman–Crippen MR) is 93.0 cm³/mol. The average molecular weight is 331 g/mol. The Morgan fingerprint density at radius 1 is 1.33 bits per heavy atom. The summed E-state index contributed by atoms with van der Waals surface area (Å²) in [6.45, 7) is 3.75. The molecule has 1 amide bonds.